The number of rotatable bonds is 2. The number of hydrogen-bond donors (Lipinski definition) is 0. The summed E-state index contributed by atoms with van der Waals surface area (Å²) in [5, 5.41) is 0. The SMILES string of the molecule is COC(=O)C1CCCC(OI)C1. The smallest absolute Gasteiger partial charge is 0.308 e. The van der Waals surface area contributed by atoms with Crippen molar-refractivity contribution >= 4 is 29.0 Å². The number of hydrogen-bond acceptors (Lipinski definition) is 3. The molecule has 1 saturated carbocycles. The van der Waals surface area contributed by atoms with Crippen molar-refractivity contribution in [2.45, 2.75) is 31.8 Å². The molecule has 0 aromatic heterocycles. The predicted molar refractivity (Wildman–Crippen MR) is 52.9 cm³/mol. The van der Waals surface area contributed by atoms with Crippen LogP contribution in [0.2, 0.25) is 0 Å². The maximum absolute atomic E-state index is 11.1. The topological polar surface area (TPSA) is 35.5 Å². The van der Waals surface area contributed by atoms with E-state index in [0.29, 0.717) is 0 Å². The predicted octanol–water partition coefficient (Wildman–Crippen LogP) is 2.08. The van der Waals surface area contributed by atoms with Crippen LogP contribution in [0.15, 0.2) is 0 Å². The molecule has 0 amide bonds. The second-order valence-corrected chi connectivity index (χ2v) is 3.61. The van der Waals surface area contributed by atoms with Gasteiger partial charge in [0.25, 0.3) is 0 Å². The zero-order chi connectivity index (χ0) is 8.97. The van der Waals surface area contributed by atoms with Gasteiger partial charge in [0.15, 0.2) is 0 Å². The fourth-order valence-corrected chi connectivity index (χ4v) is 2.07. The molecule has 0 N–H and O–H groups in total. The summed E-state index contributed by atoms with van der Waals surface area (Å²) in [5.74, 6) is -0.0309. The van der Waals surface area contributed by atoms with Gasteiger partial charge in [-0.2, -0.15) is 0 Å². The molecule has 0 spiro atoms. The van der Waals surface area contributed by atoms with E-state index < -0.39 is 0 Å². The maximum Gasteiger partial charge on any atom is 0.308 e. The lowest BCUT2D eigenvalue weighted by Gasteiger charge is -2.25. The van der Waals surface area contributed by atoms with E-state index in [9.17, 15) is 4.79 Å². The lowest BCUT2D eigenvalue weighted by atomic mass is 9.87. The third-order valence-corrected chi connectivity index (χ3v) is 3.01. The second kappa shape index (κ2) is 5.01. The highest BCUT2D eigenvalue weighted by Crippen LogP contribution is 2.28. The van der Waals surface area contributed by atoms with Crippen LogP contribution in [0, 0.1) is 5.92 Å². The van der Waals surface area contributed by atoms with Gasteiger partial charge in [-0.05, 0) is 25.7 Å². The highest BCUT2D eigenvalue weighted by Gasteiger charge is 2.27. The van der Waals surface area contributed by atoms with Gasteiger partial charge >= 0.3 is 5.97 Å². The van der Waals surface area contributed by atoms with E-state index in [1.165, 1.54) is 7.11 Å². The normalized spacial score (nSPS) is 29.8. The number of carbonyl (C=O) groups excluding carboxylic acids is 1. The number of carbonyl (C=O) groups is 1. The molecule has 1 rings (SSSR count). The first-order valence-electron chi connectivity index (χ1n) is 4.13. The Kier molecular flexibility index (Phi) is 4.28. The van der Waals surface area contributed by atoms with Crippen LogP contribution in [0.1, 0.15) is 25.7 Å². The van der Waals surface area contributed by atoms with Crippen molar-refractivity contribution in [2.24, 2.45) is 5.92 Å². The van der Waals surface area contributed by atoms with Crippen LogP contribution in [0.5, 0.6) is 0 Å². The monoisotopic (exact) mass is 284 g/mol. The Hall–Kier alpha value is 0.160. The molecule has 0 bridgehead atoms. The standard InChI is InChI=1S/C8H13IO3/c1-11-8(10)6-3-2-4-7(5-6)12-9/h6-7H,2-5H2,1H3. The van der Waals surface area contributed by atoms with Gasteiger partial charge in [0.05, 0.1) is 19.1 Å². The molecule has 0 heterocycles. The van der Waals surface area contributed by atoms with Gasteiger partial charge in [-0.15, -0.1) is 0 Å². The lowest BCUT2D eigenvalue weighted by Crippen LogP contribution is -2.26. The summed E-state index contributed by atoms with van der Waals surface area (Å²) >= 11 is 1.90. The molecule has 1 aliphatic carbocycles. The molecule has 4 heteroatoms. The Morgan fingerprint density at radius 2 is 2.25 bits per heavy atom. The molecule has 1 fully saturated rings. The van der Waals surface area contributed by atoms with E-state index in [1.54, 1.807) is 0 Å². The summed E-state index contributed by atoms with van der Waals surface area (Å²) in [5.41, 5.74) is 0. The van der Waals surface area contributed by atoms with Crippen LogP contribution in [0.25, 0.3) is 0 Å². The summed E-state index contributed by atoms with van der Waals surface area (Å²) in [7, 11) is 1.44. The minimum atomic E-state index is -0.0897. The molecule has 3 nitrogen and oxygen atoms in total. The highest BCUT2D eigenvalue weighted by molar-refractivity contribution is 14.1. The molecule has 0 saturated heterocycles. The maximum atomic E-state index is 11.1. The molecule has 0 radical (unpaired) electrons. The average molecular weight is 284 g/mol. The molecule has 2 atom stereocenters. The average Bonchev–Trinajstić information content (AvgIpc) is 2.17. The first kappa shape index (κ1) is 10.2. The van der Waals surface area contributed by atoms with Gasteiger partial charge in [-0.1, -0.05) is 0 Å². The Balaban J connectivity index is 2.40. The van der Waals surface area contributed by atoms with Crippen molar-refractivity contribution in [3.8, 4) is 0 Å². The highest BCUT2D eigenvalue weighted by atomic mass is 127. The second-order valence-electron chi connectivity index (χ2n) is 3.10. The lowest BCUT2D eigenvalue weighted by molar-refractivity contribution is -0.147. The molecule has 0 aliphatic heterocycles. The Morgan fingerprint density at radius 1 is 1.50 bits per heavy atom. The third kappa shape index (κ3) is 2.58. The van der Waals surface area contributed by atoms with Gasteiger partial charge in [-0.3, -0.25) is 4.79 Å². The van der Waals surface area contributed by atoms with Crippen LogP contribution >= 0.6 is 23.0 Å². The van der Waals surface area contributed by atoms with E-state index in [0.717, 1.165) is 25.7 Å². The van der Waals surface area contributed by atoms with E-state index in [-0.39, 0.29) is 18.0 Å². The zero-order valence-corrected chi connectivity index (χ0v) is 9.24. The Morgan fingerprint density at radius 3 is 2.83 bits per heavy atom. The van der Waals surface area contributed by atoms with Crippen molar-refractivity contribution in [1.82, 2.24) is 0 Å². The molecular formula is C8H13IO3. The number of esters is 1. The fraction of sp³-hybridized carbons (Fsp3) is 0.875. The summed E-state index contributed by atoms with van der Waals surface area (Å²) in [6.07, 6.45) is 4.13. The van der Waals surface area contributed by atoms with E-state index in [2.05, 4.69) is 4.74 Å². The summed E-state index contributed by atoms with van der Waals surface area (Å²) < 4.78 is 9.86. The van der Waals surface area contributed by atoms with Gasteiger partial charge < -0.3 is 7.80 Å². The first-order valence-corrected chi connectivity index (χ1v) is 5.01. The van der Waals surface area contributed by atoms with Gasteiger partial charge in [0, 0.05) is 0 Å². The first-order chi connectivity index (χ1) is 5.77. The van der Waals surface area contributed by atoms with Gasteiger partial charge in [0.1, 0.15) is 23.0 Å². The van der Waals surface area contributed by atoms with Crippen molar-refractivity contribution in [3.63, 3.8) is 0 Å². The van der Waals surface area contributed by atoms with E-state index >= 15 is 0 Å². The third-order valence-electron chi connectivity index (χ3n) is 2.29. The quantitative estimate of drug-likeness (QED) is 0.575. The van der Waals surface area contributed by atoms with Gasteiger partial charge in [-0.25, -0.2) is 0 Å². The van der Waals surface area contributed by atoms with Crippen LogP contribution in [0.4, 0.5) is 0 Å². The van der Waals surface area contributed by atoms with Crippen molar-refractivity contribution in [3.05, 3.63) is 0 Å². The van der Waals surface area contributed by atoms with Gasteiger partial charge in [0.2, 0.25) is 0 Å². The Bertz CT molecular complexity index is 160. The van der Waals surface area contributed by atoms with Crippen molar-refractivity contribution in [1.29, 1.82) is 0 Å². The molecule has 12 heavy (non-hydrogen) atoms. The molecule has 70 valence electrons. The largest absolute Gasteiger partial charge is 0.469 e. The van der Waals surface area contributed by atoms with E-state index in [4.69, 9.17) is 3.07 Å². The van der Waals surface area contributed by atoms with Crippen LogP contribution < -0.4 is 0 Å². The fourth-order valence-electron chi connectivity index (χ4n) is 1.61. The molecule has 0 aromatic rings. The summed E-state index contributed by atoms with van der Waals surface area (Å²) in [6.45, 7) is 0. The van der Waals surface area contributed by atoms with Crippen LogP contribution in [0.3, 0.4) is 0 Å². The van der Waals surface area contributed by atoms with Crippen molar-refractivity contribution in [2.75, 3.05) is 7.11 Å². The minimum Gasteiger partial charge on any atom is -0.469 e. The van der Waals surface area contributed by atoms with Crippen molar-refractivity contribution < 1.29 is 12.6 Å². The van der Waals surface area contributed by atoms with Crippen LogP contribution in [-0.4, -0.2) is 19.2 Å². The number of ether oxygens (including phenoxy) is 1. The van der Waals surface area contributed by atoms with E-state index in [1.807, 2.05) is 23.0 Å². The summed E-state index contributed by atoms with van der Waals surface area (Å²) in [6, 6.07) is 0. The molecule has 0 aromatic carbocycles. The Labute approximate surface area is 86.5 Å². The number of halogens is 1. The molecule has 1 aliphatic rings. The minimum absolute atomic E-state index is 0.0588. The number of methoxy groups -OCH3 is 1. The van der Waals surface area contributed by atoms with Crippen LogP contribution in [-0.2, 0) is 12.6 Å². The molecular weight excluding hydrogens is 271 g/mol. The molecule has 2 unspecified atom stereocenters. The zero-order valence-electron chi connectivity index (χ0n) is 7.09. The summed E-state index contributed by atoms with van der Waals surface area (Å²) in [4.78, 5) is 11.1.